The van der Waals surface area contributed by atoms with Crippen LogP contribution >= 0.6 is 23.2 Å². The standard InChI is InChI=1S/C18H14Cl2F3N3O3/c19-13-4-1-11(14(20)10-13)2-6-17(27)25-8-7-24-15-5-3-12(18(21,22)23)9-16(15)26(28)29/h1-6,9-10,24H,7-8H2,(H,25,27). The van der Waals surface area contributed by atoms with Gasteiger partial charge < -0.3 is 10.6 Å². The van der Waals surface area contributed by atoms with Crippen LogP contribution in [0.25, 0.3) is 6.08 Å². The van der Waals surface area contributed by atoms with E-state index >= 15 is 0 Å². The van der Waals surface area contributed by atoms with Crippen molar-refractivity contribution in [3.63, 3.8) is 0 Å². The molecule has 2 aromatic rings. The van der Waals surface area contributed by atoms with Crippen LogP contribution in [0.2, 0.25) is 10.0 Å². The first-order chi connectivity index (χ1) is 13.6. The lowest BCUT2D eigenvalue weighted by atomic mass is 10.1. The number of hydrogen-bond donors (Lipinski definition) is 2. The molecule has 6 nitrogen and oxygen atoms in total. The van der Waals surface area contributed by atoms with Gasteiger partial charge >= 0.3 is 6.18 Å². The summed E-state index contributed by atoms with van der Waals surface area (Å²) in [6.07, 6.45) is -1.95. The fraction of sp³-hybridized carbons (Fsp3) is 0.167. The Kier molecular flexibility index (Phi) is 7.46. The zero-order valence-electron chi connectivity index (χ0n) is 14.6. The molecule has 0 heterocycles. The van der Waals surface area contributed by atoms with Crippen molar-refractivity contribution in [1.82, 2.24) is 5.32 Å². The normalized spacial score (nSPS) is 11.5. The van der Waals surface area contributed by atoms with E-state index in [1.807, 2.05) is 0 Å². The average molecular weight is 448 g/mol. The summed E-state index contributed by atoms with van der Waals surface area (Å²) in [4.78, 5) is 21.9. The summed E-state index contributed by atoms with van der Waals surface area (Å²) in [5, 5.41) is 17.0. The van der Waals surface area contributed by atoms with E-state index in [9.17, 15) is 28.1 Å². The van der Waals surface area contributed by atoms with Gasteiger partial charge in [0.05, 0.1) is 10.5 Å². The lowest BCUT2D eigenvalue weighted by Gasteiger charge is -2.10. The molecule has 0 aromatic heterocycles. The van der Waals surface area contributed by atoms with E-state index in [-0.39, 0.29) is 18.8 Å². The Morgan fingerprint density at radius 1 is 1.14 bits per heavy atom. The van der Waals surface area contributed by atoms with Crippen molar-refractivity contribution < 1.29 is 22.9 Å². The second-order valence-corrected chi connectivity index (χ2v) is 6.55. The molecule has 0 fully saturated rings. The van der Waals surface area contributed by atoms with Crippen molar-refractivity contribution in [3.8, 4) is 0 Å². The number of nitrogens with zero attached hydrogens (tertiary/aromatic N) is 1. The van der Waals surface area contributed by atoms with Gasteiger partial charge in [0.2, 0.25) is 5.91 Å². The summed E-state index contributed by atoms with van der Waals surface area (Å²) in [6.45, 7) is 0.142. The van der Waals surface area contributed by atoms with Crippen LogP contribution in [-0.4, -0.2) is 23.9 Å². The first-order valence-corrected chi connectivity index (χ1v) is 8.84. The lowest BCUT2D eigenvalue weighted by molar-refractivity contribution is -0.384. The molecule has 0 aliphatic rings. The van der Waals surface area contributed by atoms with Gasteiger partial charge in [0.15, 0.2) is 0 Å². The van der Waals surface area contributed by atoms with Gasteiger partial charge in [0.1, 0.15) is 5.69 Å². The Labute approximate surface area is 173 Å². The first kappa shape index (κ1) is 22.5. The molecular formula is C18H14Cl2F3N3O3. The average Bonchev–Trinajstić information content (AvgIpc) is 2.63. The summed E-state index contributed by atoms with van der Waals surface area (Å²) in [5.41, 5.74) is -1.32. The second kappa shape index (κ2) is 9.62. The highest BCUT2D eigenvalue weighted by Gasteiger charge is 2.32. The van der Waals surface area contributed by atoms with Crippen molar-refractivity contribution >= 4 is 46.6 Å². The van der Waals surface area contributed by atoms with Gasteiger partial charge in [-0.2, -0.15) is 13.2 Å². The fourth-order valence-corrected chi connectivity index (χ4v) is 2.72. The van der Waals surface area contributed by atoms with Crippen LogP contribution < -0.4 is 10.6 Å². The fourth-order valence-electron chi connectivity index (χ4n) is 2.25. The number of benzene rings is 2. The summed E-state index contributed by atoms with van der Waals surface area (Å²) in [7, 11) is 0. The van der Waals surface area contributed by atoms with Crippen molar-refractivity contribution in [1.29, 1.82) is 0 Å². The number of nitrogens with one attached hydrogen (secondary N) is 2. The van der Waals surface area contributed by atoms with Crippen LogP contribution in [-0.2, 0) is 11.0 Å². The Bertz CT molecular complexity index is 950. The number of nitro groups is 1. The third-order valence-corrected chi connectivity index (χ3v) is 4.20. The van der Waals surface area contributed by atoms with E-state index in [4.69, 9.17) is 23.2 Å². The number of hydrogen-bond acceptors (Lipinski definition) is 4. The van der Waals surface area contributed by atoms with E-state index in [1.165, 1.54) is 18.2 Å². The quantitative estimate of drug-likeness (QED) is 0.265. The number of carbonyl (C=O) groups is 1. The molecule has 0 unspecified atom stereocenters. The number of alkyl halides is 3. The number of rotatable bonds is 7. The molecule has 0 bridgehead atoms. The molecule has 11 heteroatoms. The highest BCUT2D eigenvalue weighted by Crippen LogP contribution is 2.34. The van der Waals surface area contributed by atoms with Gasteiger partial charge in [-0.15, -0.1) is 0 Å². The molecule has 2 rings (SSSR count). The maximum absolute atomic E-state index is 12.7. The van der Waals surface area contributed by atoms with E-state index < -0.39 is 28.3 Å². The molecule has 0 radical (unpaired) electrons. The minimum absolute atomic E-state index is 0.0630. The maximum Gasteiger partial charge on any atom is 0.416 e. The smallest absolute Gasteiger partial charge is 0.378 e. The van der Waals surface area contributed by atoms with Gasteiger partial charge in [0, 0.05) is 35.3 Å². The molecule has 0 aliphatic carbocycles. The van der Waals surface area contributed by atoms with Gasteiger partial charge in [0.25, 0.3) is 5.69 Å². The van der Waals surface area contributed by atoms with E-state index in [0.717, 1.165) is 12.1 Å². The van der Waals surface area contributed by atoms with Crippen molar-refractivity contribution in [2.24, 2.45) is 0 Å². The molecule has 0 atom stereocenters. The van der Waals surface area contributed by atoms with Crippen LogP contribution in [0.5, 0.6) is 0 Å². The Balaban J connectivity index is 1.90. The summed E-state index contributed by atoms with van der Waals surface area (Å²) < 4.78 is 38.1. The monoisotopic (exact) mass is 447 g/mol. The number of nitro benzene ring substituents is 1. The van der Waals surface area contributed by atoms with Gasteiger partial charge in [-0.3, -0.25) is 14.9 Å². The van der Waals surface area contributed by atoms with Crippen LogP contribution in [0.15, 0.2) is 42.5 Å². The van der Waals surface area contributed by atoms with E-state index in [1.54, 1.807) is 12.1 Å². The topological polar surface area (TPSA) is 84.3 Å². The minimum atomic E-state index is -4.68. The van der Waals surface area contributed by atoms with Crippen LogP contribution in [0.3, 0.4) is 0 Å². The summed E-state index contributed by atoms with van der Waals surface area (Å²) in [5.74, 6) is -0.445. The molecule has 1 amide bonds. The second-order valence-electron chi connectivity index (χ2n) is 5.70. The zero-order chi connectivity index (χ0) is 21.6. The third-order valence-electron chi connectivity index (χ3n) is 3.64. The minimum Gasteiger partial charge on any atom is -0.378 e. The number of amides is 1. The molecule has 29 heavy (non-hydrogen) atoms. The van der Waals surface area contributed by atoms with E-state index in [0.29, 0.717) is 21.7 Å². The molecule has 0 saturated heterocycles. The first-order valence-electron chi connectivity index (χ1n) is 8.08. The largest absolute Gasteiger partial charge is 0.416 e. The SMILES string of the molecule is O=C(C=Cc1ccc(Cl)cc1Cl)NCCNc1ccc(C(F)(F)F)cc1[N+](=O)[O-]. The summed E-state index contributed by atoms with van der Waals surface area (Å²) >= 11 is 11.8. The Morgan fingerprint density at radius 2 is 1.86 bits per heavy atom. The van der Waals surface area contributed by atoms with Crippen LogP contribution in [0, 0.1) is 10.1 Å². The highest BCUT2D eigenvalue weighted by atomic mass is 35.5. The number of carbonyl (C=O) groups excluding carboxylic acids is 1. The third kappa shape index (κ3) is 6.65. The Hall–Kier alpha value is -2.78. The molecule has 154 valence electrons. The predicted molar refractivity (Wildman–Crippen MR) is 105 cm³/mol. The van der Waals surface area contributed by atoms with Crippen LogP contribution in [0.1, 0.15) is 11.1 Å². The number of halogens is 5. The van der Waals surface area contributed by atoms with Crippen molar-refractivity contribution in [2.75, 3.05) is 18.4 Å². The number of anilines is 1. The molecule has 2 N–H and O–H groups in total. The van der Waals surface area contributed by atoms with Gasteiger partial charge in [-0.25, -0.2) is 0 Å². The zero-order valence-corrected chi connectivity index (χ0v) is 16.1. The van der Waals surface area contributed by atoms with Gasteiger partial charge in [-0.05, 0) is 35.9 Å². The molecule has 0 saturated carbocycles. The predicted octanol–water partition coefficient (Wildman–Crippen LogP) is 5.16. The van der Waals surface area contributed by atoms with Gasteiger partial charge in [-0.1, -0.05) is 29.3 Å². The lowest BCUT2D eigenvalue weighted by Crippen LogP contribution is -2.27. The molecule has 0 aliphatic heterocycles. The molecule has 0 spiro atoms. The highest BCUT2D eigenvalue weighted by molar-refractivity contribution is 6.35. The van der Waals surface area contributed by atoms with E-state index in [2.05, 4.69) is 10.6 Å². The van der Waals surface area contributed by atoms with Crippen molar-refractivity contribution in [3.05, 3.63) is 73.8 Å². The Morgan fingerprint density at radius 3 is 2.48 bits per heavy atom. The van der Waals surface area contributed by atoms with Crippen LogP contribution in [0.4, 0.5) is 24.5 Å². The molecule has 2 aromatic carbocycles. The molecular weight excluding hydrogens is 434 g/mol. The van der Waals surface area contributed by atoms with Crippen molar-refractivity contribution in [2.45, 2.75) is 6.18 Å². The maximum atomic E-state index is 12.7. The summed E-state index contributed by atoms with van der Waals surface area (Å²) in [6, 6.07) is 6.96.